The van der Waals surface area contributed by atoms with Crippen LogP contribution in [0.1, 0.15) is 43.7 Å². The highest BCUT2D eigenvalue weighted by molar-refractivity contribution is 7.99. The number of hydrogen-bond donors (Lipinski definition) is 2. The van der Waals surface area contributed by atoms with Gasteiger partial charge in [0.1, 0.15) is 11.6 Å². The standard InChI is InChI=1S/C12H18N6OS/c1-3-4-5-10-17-11(19-18-10)7(2)20-12-15-8(13)6-9(14)16-12/h6-7H,3-5H2,1-2H3,(H4,13,14,15,16)/t7-/m1/s1. The molecule has 0 bridgehead atoms. The molecule has 20 heavy (non-hydrogen) atoms. The molecule has 7 nitrogen and oxygen atoms in total. The Morgan fingerprint density at radius 2 is 1.95 bits per heavy atom. The molecule has 2 heterocycles. The molecule has 0 saturated carbocycles. The third-order valence-corrected chi connectivity index (χ3v) is 3.56. The van der Waals surface area contributed by atoms with Gasteiger partial charge in [-0.2, -0.15) is 4.98 Å². The molecule has 0 saturated heterocycles. The van der Waals surface area contributed by atoms with Crippen molar-refractivity contribution in [2.24, 2.45) is 0 Å². The van der Waals surface area contributed by atoms with Crippen molar-refractivity contribution in [1.82, 2.24) is 20.1 Å². The second-order valence-corrected chi connectivity index (χ2v) is 5.72. The predicted octanol–water partition coefficient (Wildman–Crippen LogP) is 2.22. The maximum atomic E-state index is 5.64. The van der Waals surface area contributed by atoms with Gasteiger partial charge < -0.3 is 16.0 Å². The van der Waals surface area contributed by atoms with E-state index in [-0.39, 0.29) is 5.25 Å². The zero-order valence-electron chi connectivity index (χ0n) is 11.5. The summed E-state index contributed by atoms with van der Waals surface area (Å²) in [4.78, 5) is 12.6. The smallest absolute Gasteiger partial charge is 0.239 e. The van der Waals surface area contributed by atoms with E-state index in [4.69, 9.17) is 16.0 Å². The van der Waals surface area contributed by atoms with Gasteiger partial charge in [-0.15, -0.1) is 0 Å². The lowest BCUT2D eigenvalue weighted by Gasteiger charge is -2.05. The zero-order chi connectivity index (χ0) is 14.5. The molecule has 1 atom stereocenters. The molecular formula is C12H18N6OS. The minimum Gasteiger partial charge on any atom is -0.383 e. The number of unbranched alkanes of at least 4 members (excludes halogenated alkanes) is 1. The molecule has 8 heteroatoms. The lowest BCUT2D eigenvalue weighted by Crippen LogP contribution is -2.00. The minimum absolute atomic E-state index is 0.0564. The molecule has 0 unspecified atom stereocenters. The van der Waals surface area contributed by atoms with Crippen LogP contribution in [0.25, 0.3) is 0 Å². The van der Waals surface area contributed by atoms with E-state index in [0.717, 1.165) is 25.1 Å². The molecule has 4 N–H and O–H groups in total. The van der Waals surface area contributed by atoms with E-state index in [0.29, 0.717) is 22.7 Å². The van der Waals surface area contributed by atoms with E-state index in [2.05, 4.69) is 27.0 Å². The first-order valence-electron chi connectivity index (χ1n) is 6.47. The molecule has 0 amide bonds. The molecule has 2 rings (SSSR count). The monoisotopic (exact) mass is 294 g/mol. The molecule has 0 radical (unpaired) electrons. The van der Waals surface area contributed by atoms with Crippen molar-refractivity contribution in [3.05, 3.63) is 17.8 Å². The first-order chi connectivity index (χ1) is 9.58. The fraction of sp³-hybridized carbons (Fsp3) is 0.500. The summed E-state index contributed by atoms with van der Waals surface area (Å²) in [6.07, 6.45) is 2.99. The quantitative estimate of drug-likeness (QED) is 0.615. The van der Waals surface area contributed by atoms with Crippen molar-refractivity contribution >= 4 is 23.4 Å². The highest BCUT2D eigenvalue weighted by atomic mass is 32.2. The van der Waals surface area contributed by atoms with E-state index in [1.165, 1.54) is 17.8 Å². The van der Waals surface area contributed by atoms with Crippen molar-refractivity contribution in [1.29, 1.82) is 0 Å². The van der Waals surface area contributed by atoms with Crippen molar-refractivity contribution in [2.45, 2.75) is 43.5 Å². The molecule has 0 aromatic carbocycles. The van der Waals surface area contributed by atoms with Gasteiger partial charge in [-0.3, -0.25) is 0 Å². The lowest BCUT2D eigenvalue weighted by molar-refractivity contribution is 0.374. The number of hydrogen-bond acceptors (Lipinski definition) is 8. The molecular weight excluding hydrogens is 276 g/mol. The van der Waals surface area contributed by atoms with E-state index in [1.807, 2.05) is 6.92 Å². The molecule has 2 aromatic rings. The summed E-state index contributed by atoms with van der Waals surface area (Å²) in [5.74, 6) is 2.00. The average molecular weight is 294 g/mol. The Kier molecular flexibility index (Phi) is 4.78. The van der Waals surface area contributed by atoms with Gasteiger partial charge in [0.25, 0.3) is 0 Å². The van der Waals surface area contributed by atoms with Crippen LogP contribution in [0.2, 0.25) is 0 Å². The van der Waals surface area contributed by atoms with Crippen LogP contribution in [0.3, 0.4) is 0 Å². The van der Waals surface area contributed by atoms with E-state index in [9.17, 15) is 0 Å². The van der Waals surface area contributed by atoms with Gasteiger partial charge in [-0.25, -0.2) is 9.97 Å². The Morgan fingerprint density at radius 3 is 2.60 bits per heavy atom. The van der Waals surface area contributed by atoms with Crippen molar-refractivity contribution in [3.8, 4) is 0 Å². The second kappa shape index (κ2) is 6.56. The van der Waals surface area contributed by atoms with Gasteiger partial charge >= 0.3 is 0 Å². The van der Waals surface area contributed by atoms with Crippen LogP contribution in [0.5, 0.6) is 0 Å². The highest BCUT2D eigenvalue weighted by Crippen LogP contribution is 2.32. The number of anilines is 2. The number of aryl methyl sites for hydroxylation is 1. The van der Waals surface area contributed by atoms with E-state index >= 15 is 0 Å². The third-order valence-electron chi connectivity index (χ3n) is 2.61. The van der Waals surface area contributed by atoms with Gasteiger partial charge in [0.05, 0.1) is 5.25 Å². The molecule has 0 spiro atoms. The number of nitrogens with zero attached hydrogens (tertiary/aromatic N) is 4. The summed E-state index contributed by atoms with van der Waals surface area (Å²) in [5.41, 5.74) is 11.3. The molecule has 0 aliphatic rings. The highest BCUT2D eigenvalue weighted by Gasteiger charge is 2.17. The Morgan fingerprint density at radius 1 is 1.25 bits per heavy atom. The summed E-state index contributed by atoms with van der Waals surface area (Å²) >= 11 is 1.38. The fourth-order valence-electron chi connectivity index (χ4n) is 1.59. The summed E-state index contributed by atoms with van der Waals surface area (Å²) in [6, 6.07) is 1.52. The summed E-state index contributed by atoms with van der Waals surface area (Å²) in [7, 11) is 0. The fourth-order valence-corrected chi connectivity index (χ4v) is 2.42. The van der Waals surface area contributed by atoms with Crippen LogP contribution < -0.4 is 11.5 Å². The molecule has 0 fully saturated rings. The number of nitrogen functional groups attached to an aromatic ring is 2. The van der Waals surface area contributed by atoms with Crippen molar-refractivity contribution in [3.63, 3.8) is 0 Å². The van der Waals surface area contributed by atoms with Crippen LogP contribution in [0.15, 0.2) is 15.7 Å². The number of thioether (sulfide) groups is 1. The SMILES string of the molecule is CCCCc1noc([C@@H](C)Sc2nc(N)cc(N)n2)n1. The lowest BCUT2D eigenvalue weighted by atomic mass is 10.2. The Labute approximate surface area is 121 Å². The number of aromatic nitrogens is 4. The molecule has 2 aromatic heterocycles. The maximum absolute atomic E-state index is 5.64. The number of nitrogens with two attached hydrogens (primary N) is 2. The van der Waals surface area contributed by atoms with Gasteiger partial charge in [0.15, 0.2) is 11.0 Å². The maximum Gasteiger partial charge on any atom is 0.239 e. The van der Waals surface area contributed by atoms with Gasteiger partial charge in [-0.1, -0.05) is 30.3 Å². The summed E-state index contributed by atoms with van der Waals surface area (Å²) in [5, 5.41) is 4.41. The van der Waals surface area contributed by atoms with Gasteiger partial charge in [0, 0.05) is 12.5 Å². The predicted molar refractivity (Wildman–Crippen MR) is 78.0 cm³/mol. The Hall–Kier alpha value is -1.83. The van der Waals surface area contributed by atoms with E-state index < -0.39 is 0 Å². The average Bonchev–Trinajstić information content (AvgIpc) is 2.83. The van der Waals surface area contributed by atoms with Crippen LogP contribution in [0, 0.1) is 0 Å². The summed E-state index contributed by atoms with van der Waals surface area (Å²) < 4.78 is 5.26. The first-order valence-corrected chi connectivity index (χ1v) is 7.35. The number of rotatable bonds is 6. The normalized spacial score (nSPS) is 12.5. The largest absolute Gasteiger partial charge is 0.383 e. The van der Waals surface area contributed by atoms with Crippen molar-refractivity contribution in [2.75, 3.05) is 11.5 Å². The second-order valence-electron chi connectivity index (χ2n) is 4.41. The van der Waals surface area contributed by atoms with Gasteiger partial charge in [0.2, 0.25) is 5.89 Å². The topological polar surface area (TPSA) is 117 Å². The first kappa shape index (κ1) is 14.6. The molecule has 108 valence electrons. The molecule has 0 aliphatic heterocycles. The third kappa shape index (κ3) is 3.83. The van der Waals surface area contributed by atoms with Crippen LogP contribution in [-0.4, -0.2) is 20.1 Å². The van der Waals surface area contributed by atoms with E-state index in [1.54, 1.807) is 0 Å². The van der Waals surface area contributed by atoms with Gasteiger partial charge in [-0.05, 0) is 13.3 Å². The Balaban J connectivity index is 2.03. The zero-order valence-corrected chi connectivity index (χ0v) is 12.4. The summed E-state index contributed by atoms with van der Waals surface area (Å²) in [6.45, 7) is 4.07. The van der Waals surface area contributed by atoms with Crippen LogP contribution >= 0.6 is 11.8 Å². The van der Waals surface area contributed by atoms with Crippen LogP contribution in [-0.2, 0) is 6.42 Å². The minimum atomic E-state index is -0.0564. The Bertz CT molecular complexity index is 553. The van der Waals surface area contributed by atoms with Crippen LogP contribution in [0.4, 0.5) is 11.6 Å². The molecule has 0 aliphatic carbocycles. The van der Waals surface area contributed by atoms with Crippen molar-refractivity contribution < 1.29 is 4.52 Å².